The van der Waals surface area contributed by atoms with Crippen LogP contribution in [0.5, 0.6) is 0 Å². The van der Waals surface area contributed by atoms with Crippen molar-refractivity contribution in [1.82, 2.24) is 9.80 Å². The largest absolute Gasteiger partial charge is 0.382 e. The van der Waals surface area contributed by atoms with Crippen LogP contribution >= 0.6 is 0 Å². The van der Waals surface area contributed by atoms with Crippen molar-refractivity contribution in [3.63, 3.8) is 0 Å². The van der Waals surface area contributed by atoms with Crippen molar-refractivity contribution in [2.24, 2.45) is 0 Å². The lowest BCUT2D eigenvalue weighted by Crippen LogP contribution is -2.57. The molecule has 0 aromatic carbocycles. The van der Waals surface area contributed by atoms with Gasteiger partial charge in [0.15, 0.2) is 0 Å². The Morgan fingerprint density at radius 2 is 1.93 bits per heavy atom. The number of nitrogens with zero attached hydrogens (tertiary/aromatic N) is 3. The fourth-order valence-electron chi connectivity index (χ4n) is 2.07. The standard InChI is InChI=1S/C11H21N3O/c1-4-11(9-12,10-15-3)14-7-5-13(2)6-8-14/h4-8,10H2,1-3H3. The second-order valence-electron chi connectivity index (χ2n) is 4.22. The number of rotatable bonds is 4. The summed E-state index contributed by atoms with van der Waals surface area (Å²) in [6.07, 6.45) is 0.820. The predicted octanol–water partition coefficient (Wildman–Crippen LogP) is 0.553. The number of hydrogen-bond donors (Lipinski definition) is 0. The summed E-state index contributed by atoms with van der Waals surface area (Å²) in [5, 5.41) is 9.34. The Morgan fingerprint density at radius 1 is 1.33 bits per heavy atom. The summed E-state index contributed by atoms with van der Waals surface area (Å²) in [7, 11) is 3.78. The van der Waals surface area contributed by atoms with E-state index in [4.69, 9.17) is 4.74 Å². The van der Waals surface area contributed by atoms with Gasteiger partial charge in [0.1, 0.15) is 5.54 Å². The van der Waals surface area contributed by atoms with Crippen molar-refractivity contribution in [2.45, 2.75) is 18.9 Å². The third kappa shape index (κ3) is 2.69. The predicted molar refractivity (Wildman–Crippen MR) is 59.6 cm³/mol. The first-order valence-electron chi connectivity index (χ1n) is 5.52. The number of nitriles is 1. The van der Waals surface area contributed by atoms with Gasteiger partial charge in [-0.2, -0.15) is 5.26 Å². The molecule has 0 spiro atoms. The smallest absolute Gasteiger partial charge is 0.132 e. The normalized spacial score (nSPS) is 23.3. The fourth-order valence-corrected chi connectivity index (χ4v) is 2.07. The molecule has 0 saturated carbocycles. The second kappa shape index (κ2) is 5.45. The Kier molecular flexibility index (Phi) is 4.52. The van der Waals surface area contributed by atoms with Crippen molar-refractivity contribution < 1.29 is 4.74 Å². The molecule has 0 amide bonds. The molecule has 1 aliphatic rings. The number of hydrogen-bond acceptors (Lipinski definition) is 4. The summed E-state index contributed by atoms with van der Waals surface area (Å²) in [5.74, 6) is 0. The van der Waals surface area contributed by atoms with E-state index in [0.29, 0.717) is 6.61 Å². The minimum Gasteiger partial charge on any atom is -0.382 e. The summed E-state index contributed by atoms with van der Waals surface area (Å²) >= 11 is 0. The molecular formula is C11H21N3O. The van der Waals surface area contributed by atoms with Crippen LogP contribution in [0, 0.1) is 11.3 Å². The zero-order chi connectivity index (χ0) is 11.3. The highest BCUT2D eigenvalue weighted by atomic mass is 16.5. The minimum absolute atomic E-state index is 0.421. The molecule has 1 rings (SSSR count). The summed E-state index contributed by atoms with van der Waals surface area (Å²) < 4.78 is 5.19. The van der Waals surface area contributed by atoms with Crippen molar-refractivity contribution in [1.29, 1.82) is 5.26 Å². The topological polar surface area (TPSA) is 39.5 Å². The Hall–Kier alpha value is -0.630. The number of ether oxygens (including phenoxy) is 1. The first-order valence-corrected chi connectivity index (χ1v) is 5.52. The van der Waals surface area contributed by atoms with Gasteiger partial charge in [-0.05, 0) is 13.5 Å². The molecular weight excluding hydrogens is 190 g/mol. The van der Waals surface area contributed by atoms with Crippen LogP contribution in [0.25, 0.3) is 0 Å². The number of piperazine rings is 1. The molecule has 0 radical (unpaired) electrons. The van der Waals surface area contributed by atoms with Crippen LogP contribution in [0.4, 0.5) is 0 Å². The van der Waals surface area contributed by atoms with E-state index >= 15 is 0 Å². The zero-order valence-corrected chi connectivity index (χ0v) is 9.99. The quantitative estimate of drug-likeness (QED) is 0.681. The van der Waals surface area contributed by atoms with E-state index in [2.05, 4.69) is 29.8 Å². The van der Waals surface area contributed by atoms with Crippen LogP contribution in [0.15, 0.2) is 0 Å². The molecule has 86 valence electrons. The molecule has 0 aromatic heterocycles. The van der Waals surface area contributed by atoms with E-state index < -0.39 is 5.54 Å². The molecule has 15 heavy (non-hydrogen) atoms. The van der Waals surface area contributed by atoms with Gasteiger partial charge in [0, 0.05) is 33.3 Å². The monoisotopic (exact) mass is 211 g/mol. The first kappa shape index (κ1) is 12.4. The Balaban J connectivity index is 2.68. The van der Waals surface area contributed by atoms with E-state index in [9.17, 15) is 5.26 Å². The van der Waals surface area contributed by atoms with Gasteiger partial charge in [0.05, 0.1) is 12.7 Å². The van der Waals surface area contributed by atoms with Crippen LogP contribution < -0.4 is 0 Å². The van der Waals surface area contributed by atoms with Crippen LogP contribution in [0.1, 0.15) is 13.3 Å². The molecule has 1 aliphatic heterocycles. The maximum atomic E-state index is 9.34. The molecule has 4 nitrogen and oxygen atoms in total. The SMILES string of the molecule is CCC(C#N)(COC)N1CCN(C)CC1. The maximum Gasteiger partial charge on any atom is 0.132 e. The molecule has 0 bridgehead atoms. The zero-order valence-electron chi connectivity index (χ0n) is 9.99. The van der Waals surface area contributed by atoms with E-state index in [0.717, 1.165) is 32.6 Å². The van der Waals surface area contributed by atoms with Crippen LogP contribution in [-0.4, -0.2) is 62.3 Å². The van der Waals surface area contributed by atoms with Crippen molar-refractivity contribution in [2.75, 3.05) is 46.9 Å². The summed E-state index contributed by atoms with van der Waals surface area (Å²) in [4.78, 5) is 4.55. The fraction of sp³-hybridized carbons (Fsp3) is 0.909. The van der Waals surface area contributed by atoms with Crippen LogP contribution in [0.3, 0.4) is 0 Å². The third-order valence-electron chi connectivity index (χ3n) is 3.28. The highest BCUT2D eigenvalue weighted by Gasteiger charge is 2.36. The minimum atomic E-state index is -0.421. The Bertz CT molecular complexity index is 230. The van der Waals surface area contributed by atoms with E-state index in [-0.39, 0.29) is 0 Å². The Morgan fingerprint density at radius 3 is 2.33 bits per heavy atom. The molecule has 4 heteroatoms. The lowest BCUT2D eigenvalue weighted by atomic mass is 9.95. The van der Waals surface area contributed by atoms with E-state index in [1.807, 2.05) is 0 Å². The maximum absolute atomic E-state index is 9.34. The van der Waals surface area contributed by atoms with E-state index in [1.165, 1.54) is 0 Å². The lowest BCUT2D eigenvalue weighted by Gasteiger charge is -2.42. The molecule has 1 saturated heterocycles. The average molecular weight is 211 g/mol. The summed E-state index contributed by atoms with van der Waals surface area (Å²) in [5.41, 5.74) is -0.421. The number of methoxy groups -OCH3 is 1. The lowest BCUT2D eigenvalue weighted by molar-refractivity contribution is 0.0158. The highest BCUT2D eigenvalue weighted by Crippen LogP contribution is 2.21. The van der Waals surface area contributed by atoms with Crippen LogP contribution in [0.2, 0.25) is 0 Å². The van der Waals surface area contributed by atoms with Gasteiger partial charge in [-0.3, -0.25) is 4.90 Å². The van der Waals surface area contributed by atoms with Gasteiger partial charge in [0.25, 0.3) is 0 Å². The van der Waals surface area contributed by atoms with Crippen molar-refractivity contribution in [3.8, 4) is 6.07 Å². The second-order valence-corrected chi connectivity index (χ2v) is 4.22. The molecule has 1 fully saturated rings. The van der Waals surface area contributed by atoms with Gasteiger partial charge in [0.2, 0.25) is 0 Å². The summed E-state index contributed by atoms with van der Waals surface area (Å²) in [6.45, 7) is 6.55. The average Bonchev–Trinajstić information content (AvgIpc) is 2.27. The first-order chi connectivity index (χ1) is 7.18. The van der Waals surface area contributed by atoms with Gasteiger partial charge >= 0.3 is 0 Å². The van der Waals surface area contributed by atoms with Gasteiger partial charge in [-0.15, -0.1) is 0 Å². The molecule has 0 aliphatic carbocycles. The molecule has 1 unspecified atom stereocenters. The van der Waals surface area contributed by atoms with Crippen molar-refractivity contribution in [3.05, 3.63) is 0 Å². The molecule has 1 atom stereocenters. The Labute approximate surface area is 92.4 Å². The van der Waals surface area contributed by atoms with Crippen LogP contribution in [-0.2, 0) is 4.74 Å². The summed E-state index contributed by atoms with van der Waals surface area (Å²) in [6, 6.07) is 2.43. The van der Waals surface area contributed by atoms with Gasteiger partial charge in [-0.1, -0.05) is 6.92 Å². The highest BCUT2D eigenvalue weighted by molar-refractivity contribution is 5.08. The van der Waals surface area contributed by atoms with Crippen molar-refractivity contribution >= 4 is 0 Å². The van der Waals surface area contributed by atoms with Gasteiger partial charge < -0.3 is 9.64 Å². The molecule has 0 aromatic rings. The molecule has 0 N–H and O–H groups in total. The molecule has 1 heterocycles. The van der Waals surface area contributed by atoms with E-state index in [1.54, 1.807) is 7.11 Å². The third-order valence-corrected chi connectivity index (χ3v) is 3.28. The number of likely N-dealkylation sites (N-methyl/N-ethyl adjacent to an activating group) is 1. The van der Waals surface area contributed by atoms with Gasteiger partial charge in [-0.25, -0.2) is 0 Å².